The summed E-state index contributed by atoms with van der Waals surface area (Å²) in [6.07, 6.45) is 0.688. The van der Waals surface area contributed by atoms with Gasteiger partial charge < -0.3 is 19.5 Å². The third kappa shape index (κ3) is 4.96. The molecule has 1 N–H and O–H groups in total. The number of amides is 1. The van der Waals surface area contributed by atoms with Crippen LogP contribution in [0.3, 0.4) is 0 Å². The number of benzene rings is 2. The van der Waals surface area contributed by atoms with Crippen LogP contribution >= 0.6 is 0 Å². The van der Waals surface area contributed by atoms with Gasteiger partial charge in [-0.25, -0.2) is 0 Å². The van der Waals surface area contributed by atoms with E-state index in [9.17, 15) is 14.7 Å². The van der Waals surface area contributed by atoms with Crippen molar-refractivity contribution >= 4 is 17.4 Å². The van der Waals surface area contributed by atoms with Crippen LogP contribution in [0.15, 0.2) is 54.1 Å². The molecule has 170 valence electrons. The summed E-state index contributed by atoms with van der Waals surface area (Å²) < 4.78 is 11.4. The van der Waals surface area contributed by atoms with Gasteiger partial charge in [-0.05, 0) is 49.1 Å². The third-order valence-corrected chi connectivity index (χ3v) is 5.18. The minimum atomic E-state index is -0.685. The average molecular weight is 438 g/mol. The number of carbonyl (C=O) groups is 2. The van der Waals surface area contributed by atoms with Crippen LogP contribution in [0.2, 0.25) is 0 Å². The Morgan fingerprint density at radius 2 is 1.72 bits per heavy atom. The quantitative estimate of drug-likeness (QED) is 0.341. The van der Waals surface area contributed by atoms with Crippen molar-refractivity contribution in [1.82, 2.24) is 4.90 Å². The second kappa shape index (κ2) is 10.4. The molecule has 0 bridgehead atoms. The van der Waals surface area contributed by atoms with Crippen LogP contribution in [0.4, 0.5) is 0 Å². The standard InChI is InChI=1S/C26H31NO5/c1-5-13-27-23(18-9-7-11-20(14-18)31-6-2)22(25(29)26(27)30)24(28)19-10-8-12-21(15-19)32-16-17(3)4/h7-12,14-15,17,23,28H,5-6,13,16H2,1-4H3/b24-22-. The zero-order valence-electron chi connectivity index (χ0n) is 19.1. The average Bonchev–Trinajstić information content (AvgIpc) is 3.03. The molecular weight excluding hydrogens is 406 g/mol. The second-order valence-electron chi connectivity index (χ2n) is 8.23. The van der Waals surface area contributed by atoms with E-state index in [1.165, 1.54) is 4.90 Å². The summed E-state index contributed by atoms with van der Waals surface area (Å²) in [5, 5.41) is 11.2. The molecular formula is C26H31NO5. The molecule has 1 heterocycles. The van der Waals surface area contributed by atoms with E-state index in [1.807, 2.05) is 38.1 Å². The highest BCUT2D eigenvalue weighted by atomic mass is 16.5. The maximum Gasteiger partial charge on any atom is 0.295 e. The number of likely N-dealkylation sites (tertiary alicyclic amines) is 1. The Bertz CT molecular complexity index is 1010. The van der Waals surface area contributed by atoms with Crippen molar-refractivity contribution in [1.29, 1.82) is 0 Å². The number of ether oxygens (including phenoxy) is 2. The van der Waals surface area contributed by atoms with Gasteiger partial charge in [0.1, 0.15) is 17.3 Å². The number of Topliss-reactive ketones (excluding diaryl/α,β-unsaturated/α-hetero) is 1. The van der Waals surface area contributed by atoms with Crippen molar-refractivity contribution in [3.63, 3.8) is 0 Å². The molecule has 1 atom stereocenters. The maximum absolute atomic E-state index is 13.0. The molecule has 1 saturated heterocycles. The first-order chi connectivity index (χ1) is 15.4. The predicted octanol–water partition coefficient (Wildman–Crippen LogP) is 4.95. The largest absolute Gasteiger partial charge is 0.507 e. The number of carbonyl (C=O) groups excluding carboxylic acids is 2. The van der Waals surface area contributed by atoms with Gasteiger partial charge in [-0.2, -0.15) is 0 Å². The first-order valence-corrected chi connectivity index (χ1v) is 11.1. The molecule has 0 aromatic heterocycles. The van der Waals surface area contributed by atoms with Gasteiger partial charge in [0.25, 0.3) is 11.7 Å². The Balaban J connectivity index is 2.09. The van der Waals surface area contributed by atoms with E-state index in [4.69, 9.17) is 9.47 Å². The lowest BCUT2D eigenvalue weighted by Gasteiger charge is -2.25. The molecule has 1 amide bonds. The molecule has 6 nitrogen and oxygen atoms in total. The fourth-order valence-corrected chi connectivity index (χ4v) is 3.79. The lowest BCUT2D eigenvalue weighted by Crippen LogP contribution is -2.30. The molecule has 0 radical (unpaired) electrons. The Morgan fingerprint density at radius 1 is 1.03 bits per heavy atom. The smallest absolute Gasteiger partial charge is 0.295 e. The van der Waals surface area contributed by atoms with E-state index < -0.39 is 17.7 Å². The van der Waals surface area contributed by atoms with Crippen LogP contribution in [0.5, 0.6) is 11.5 Å². The molecule has 3 rings (SSSR count). The first kappa shape index (κ1) is 23.4. The lowest BCUT2D eigenvalue weighted by molar-refractivity contribution is -0.139. The van der Waals surface area contributed by atoms with E-state index in [2.05, 4.69) is 13.8 Å². The molecule has 2 aromatic rings. The highest BCUT2D eigenvalue weighted by Gasteiger charge is 2.45. The molecule has 0 spiro atoms. The van der Waals surface area contributed by atoms with Gasteiger partial charge in [-0.1, -0.05) is 45.0 Å². The third-order valence-electron chi connectivity index (χ3n) is 5.18. The van der Waals surface area contributed by atoms with Crippen LogP contribution in [0.25, 0.3) is 5.76 Å². The van der Waals surface area contributed by atoms with Gasteiger partial charge in [-0.15, -0.1) is 0 Å². The SMILES string of the molecule is CCCN1C(=O)C(=O)/C(=C(\O)c2cccc(OCC(C)C)c2)C1c1cccc(OCC)c1. The molecule has 2 aromatic carbocycles. The van der Waals surface area contributed by atoms with Gasteiger partial charge >= 0.3 is 0 Å². The Labute approximate surface area is 189 Å². The van der Waals surface area contributed by atoms with E-state index >= 15 is 0 Å². The fraction of sp³-hybridized carbons (Fsp3) is 0.385. The molecule has 0 saturated carbocycles. The van der Waals surface area contributed by atoms with E-state index in [1.54, 1.807) is 24.3 Å². The number of aliphatic hydroxyl groups excluding tert-OH is 1. The van der Waals surface area contributed by atoms with E-state index in [-0.39, 0.29) is 11.3 Å². The minimum Gasteiger partial charge on any atom is -0.507 e. The van der Waals surface area contributed by atoms with Crippen molar-refractivity contribution in [3.8, 4) is 11.5 Å². The van der Waals surface area contributed by atoms with Crippen molar-refractivity contribution in [2.75, 3.05) is 19.8 Å². The Kier molecular flexibility index (Phi) is 7.57. The summed E-state index contributed by atoms with van der Waals surface area (Å²) >= 11 is 0. The van der Waals surface area contributed by atoms with Gasteiger partial charge in [0.15, 0.2) is 0 Å². The van der Waals surface area contributed by atoms with Crippen LogP contribution in [-0.4, -0.2) is 41.5 Å². The maximum atomic E-state index is 13.0. The number of aliphatic hydroxyl groups is 1. The highest BCUT2D eigenvalue weighted by Crippen LogP contribution is 2.40. The minimum absolute atomic E-state index is 0.0816. The predicted molar refractivity (Wildman–Crippen MR) is 124 cm³/mol. The van der Waals surface area contributed by atoms with Gasteiger partial charge in [0.2, 0.25) is 0 Å². The Morgan fingerprint density at radius 3 is 2.38 bits per heavy atom. The lowest BCUT2D eigenvalue weighted by atomic mass is 9.95. The van der Waals surface area contributed by atoms with Crippen molar-refractivity contribution in [3.05, 3.63) is 65.2 Å². The van der Waals surface area contributed by atoms with Crippen LogP contribution in [-0.2, 0) is 9.59 Å². The number of nitrogens with zero attached hydrogens (tertiary/aromatic N) is 1. The zero-order chi connectivity index (χ0) is 23.3. The molecule has 1 fully saturated rings. The molecule has 32 heavy (non-hydrogen) atoms. The fourth-order valence-electron chi connectivity index (χ4n) is 3.79. The number of hydrogen-bond donors (Lipinski definition) is 1. The van der Waals surface area contributed by atoms with Gasteiger partial charge in [0.05, 0.1) is 24.8 Å². The van der Waals surface area contributed by atoms with Crippen LogP contribution in [0.1, 0.15) is 51.3 Å². The summed E-state index contributed by atoms with van der Waals surface area (Å²) in [7, 11) is 0. The topological polar surface area (TPSA) is 76.1 Å². The molecule has 6 heteroatoms. The first-order valence-electron chi connectivity index (χ1n) is 11.1. The number of rotatable bonds is 9. The molecule has 1 unspecified atom stereocenters. The van der Waals surface area contributed by atoms with Crippen LogP contribution < -0.4 is 9.47 Å². The zero-order valence-corrected chi connectivity index (χ0v) is 19.1. The number of hydrogen-bond acceptors (Lipinski definition) is 5. The summed E-state index contributed by atoms with van der Waals surface area (Å²) in [5.41, 5.74) is 1.24. The summed E-state index contributed by atoms with van der Waals surface area (Å²) in [4.78, 5) is 27.4. The molecule has 1 aliphatic heterocycles. The normalized spacial score (nSPS) is 17.8. The van der Waals surface area contributed by atoms with E-state index in [0.29, 0.717) is 49.2 Å². The molecule has 1 aliphatic rings. The molecule has 0 aliphatic carbocycles. The summed E-state index contributed by atoms with van der Waals surface area (Å²) in [6, 6.07) is 13.6. The van der Waals surface area contributed by atoms with Crippen LogP contribution in [0, 0.1) is 5.92 Å². The van der Waals surface area contributed by atoms with Gasteiger partial charge in [0, 0.05) is 12.1 Å². The summed E-state index contributed by atoms with van der Waals surface area (Å²) in [5.74, 6) is 0.105. The van der Waals surface area contributed by atoms with Gasteiger partial charge in [-0.3, -0.25) is 9.59 Å². The van der Waals surface area contributed by atoms with Crippen molar-refractivity contribution in [2.45, 2.75) is 40.2 Å². The van der Waals surface area contributed by atoms with E-state index in [0.717, 1.165) is 5.56 Å². The summed E-state index contributed by atoms with van der Waals surface area (Å²) in [6.45, 7) is 9.39. The highest BCUT2D eigenvalue weighted by molar-refractivity contribution is 6.46. The Hall–Kier alpha value is -3.28. The number of ketones is 1. The van der Waals surface area contributed by atoms with Crippen molar-refractivity contribution in [2.24, 2.45) is 5.92 Å². The second-order valence-corrected chi connectivity index (χ2v) is 8.23. The van der Waals surface area contributed by atoms with Crippen molar-refractivity contribution < 1.29 is 24.2 Å². The monoisotopic (exact) mass is 437 g/mol.